The average molecular weight is 377 g/mol. The van der Waals surface area contributed by atoms with Crippen molar-refractivity contribution in [3.8, 4) is 5.75 Å². The summed E-state index contributed by atoms with van der Waals surface area (Å²) in [5, 5.41) is -0.744. The third-order valence-electron chi connectivity index (χ3n) is 6.51. The van der Waals surface area contributed by atoms with E-state index >= 15 is 0 Å². The second-order valence-corrected chi connectivity index (χ2v) is 9.15. The van der Waals surface area contributed by atoms with E-state index in [9.17, 15) is 9.18 Å². The lowest BCUT2D eigenvalue weighted by Crippen LogP contribution is -2.40. The largest absolute Gasteiger partial charge is 0.493 e. The summed E-state index contributed by atoms with van der Waals surface area (Å²) in [6.07, 6.45) is 9.12. The smallest absolute Gasteiger partial charge is 0.255 e. The Morgan fingerprint density at radius 3 is 2.77 bits per heavy atom. The van der Waals surface area contributed by atoms with Gasteiger partial charge in [-0.05, 0) is 86.4 Å². The molecule has 3 aliphatic rings. The highest BCUT2D eigenvalue weighted by Crippen LogP contribution is 2.51. The number of fused-ring (bicyclic) bond motifs is 2. The van der Waals surface area contributed by atoms with Crippen molar-refractivity contribution < 1.29 is 13.9 Å². The predicted molar refractivity (Wildman–Crippen MR) is 101 cm³/mol. The molecule has 0 aliphatic heterocycles. The number of allylic oxidation sites excluding steroid dienone is 2. The molecule has 2 bridgehead atoms. The quantitative estimate of drug-likeness (QED) is 0.449. The number of carbonyl (C=O) groups excluding carboxylic acids is 1. The number of benzene rings is 1. The summed E-state index contributed by atoms with van der Waals surface area (Å²) in [5.41, 5.74) is 2.57. The Hall–Kier alpha value is -1.35. The van der Waals surface area contributed by atoms with E-state index in [4.69, 9.17) is 16.3 Å². The second-order valence-electron chi connectivity index (χ2n) is 8.80. The lowest BCUT2D eigenvalue weighted by atomic mass is 9.60. The zero-order valence-corrected chi connectivity index (χ0v) is 16.2. The Kier molecular flexibility index (Phi) is 4.63. The van der Waals surface area contributed by atoms with Crippen molar-refractivity contribution in [3.63, 3.8) is 0 Å². The molecule has 4 rings (SSSR count). The van der Waals surface area contributed by atoms with Crippen LogP contribution in [0.2, 0.25) is 0 Å². The molecule has 140 valence electrons. The average Bonchev–Trinajstić information content (AvgIpc) is 3.41. The van der Waals surface area contributed by atoms with Crippen LogP contribution in [0.25, 0.3) is 0 Å². The fraction of sp³-hybridized carbons (Fsp3) is 0.591. The molecular formula is C22H26ClFO2. The first-order valence-electron chi connectivity index (χ1n) is 9.69. The van der Waals surface area contributed by atoms with Crippen LogP contribution in [0.5, 0.6) is 5.75 Å². The van der Waals surface area contributed by atoms with Crippen molar-refractivity contribution in [1.29, 1.82) is 0 Å². The Morgan fingerprint density at radius 2 is 2.08 bits per heavy atom. The van der Waals surface area contributed by atoms with Gasteiger partial charge in [-0.1, -0.05) is 18.6 Å². The van der Waals surface area contributed by atoms with Crippen molar-refractivity contribution in [2.75, 3.05) is 6.61 Å². The van der Waals surface area contributed by atoms with E-state index in [1.54, 1.807) is 6.07 Å². The van der Waals surface area contributed by atoms with Gasteiger partial charge >= 0.3 is 0 Å². The van der Waals surface area contributed by atoms with Crippen molar-refractivity contribution in [3.05, 3.63) is 40.7 Å². The van der Waals surface area contributed by atoms with Crippen molar-refractivity contribution in [2.45, 2.75) is 58.3 Å². The number of halogens is 2. The molecule has 2 nitrogen and oxygen atoms in total. The highest BCUT2D eigenvalue weighted by molar-refractivity contribution is 6.67. The van der Waals surface area contributed by atoms with Crippen LogP contribution < -0.4 is 4.74 Å². The molecule has 2 fully saturated rings. The molecule has 4 heteroatoms. The topological polar surface area (TPSA) is 26.3 Å². The monoisotopic (exact) mass is 376 g/mol. The van der Waals surface area contributed by atoms with Gasteiger partial charge in [0.1, 0.15) is 11.6 Å². The molecule has 0 radical (unpaired) electrons. The normalized spacial score (nSPS) is 30.7. The van der Waals surface area contributed by atoms with Gasteiger partial charge in [0.25, 0.3) is 5.24 Å². The number of rotatable bonds is 5. The Bertz CT molecular complexity index is 768. The zero-order valence-electron chi connectivity index (χ0n) is 15.5. The Labute approximate surface area is 159 Å². The van der Waals surface area contributed by atoms with Crippen LogP contribution in [-0.2, 0) is 0 Å². The minimum absolute atomic E-state index is 0.0401. The van der Waals surface area contributed by atoms with Gasteiger partial charge in [-0.15, -0.1) is 0 Å². The first-order valence-corrected chi connectivity index (χ1v) is 10.1. The minimum Gasteiger partial charge on any atom is -0.493 e. The summed E-state index contributed by atoms with van der Waals surface area (Å²) in [5.74, 6) is 1.73. The van der Waals surface area contributed by atoms with Gasteiger partial charge in [-0.2, -0.15) is 0 Å². The van der Waals surface area contributed by atoms with Crippen LogP contribution in [0.4, 0.5) is 4.39 Å². The van der Waals surface area contributed by atoms with Gasteiger partial charge in [0.15, 0.2) is 0 Å². The number of hydrogen-bond donors (Lipinski definition) is 0. The fourth-order valence-corrected chi connectivity index (χ4v) is 5.17. The maximum atomic E-state index is 14.3. The first-order chi connectivity index (χ1) is 12.4. The van der Waals surface area contributed by atoms with Crippen LogP contribution in [-0.4, -0.2) is 11.8 Å². The maximum Gasteiger partial charge on any atom is 0.255 e. The van der Waals surface area contributed by atoms with Crippen LogP contribution >= 0.6 is 11.6 Å². The molecular weight excluding hydrogens is 351 g/mol. The van der Waals surface area contributed by atoms with Gasteiger partial charge in [-0.3, -0.25) is 4.79 Å². The zero-order chi connectivity index (χ0) is 18.5. The molecule has 0 saturated heterocycles. The SMILES string of the molecule is CC1=CCC2(COc3cc(F)c(C(=O)Cl)cc3C3CC3)CC(C)CC1C2. The maximum absolute atomic E-state index is 14.3. The van der Waals surface area contributed by atoms with E-state index < -0.39 is 11.1 Å². The van der Waals surface area contributed by atoms with Crippen molar-refractivity contribution >= 4 is 16.8 Å². The molecule has 1 aromatic carbocycles. The third kappa shape index (κ3) is 3.43. The third-order valence-corrected chi connectivity index (χ3v) is 6.71. The van der Waals surface area contributed by atoms with E-state index in [0.29, 0.717) is 30.1 Å². The number of hydrogen-bond acceptors (Lipinski definition) is 2. The van der Waals surface area contributed by atoms with Crippen molar-refractivity contribution in [2.24, 2.45) is 17.3 Å². The highest BCUT2D eigenvalue weighted by Gasteiger charge is 2.42. The molecule has 0 N–H and O–H groups in total. The van der Waals surface area contributed by atoms with Gasteiger partial charge in [0, 0.05) is 11.5 Å². The lowest BCUT2D eigenvalue weighted by molar-refractivity contribution is 0.0457. The molecule has 0 spiro atoms. The summed E-state index contributed by atoms with van der Waals surface area (Å²) in [6, 6.07) is 2.97. The number of ether oxygens (including phenoxy) is 1. The summed E-state index contributed by atoms with van der Waals surface area (Å²) >= 11 is 5.53. The fourth-order valence-electron chi connectivity index (χ4n) is 5.02. The molecule has 3 aliphatic carbocycles. The van der Waals surface area contributed by atoms with Crippen molar-refractivity contribution in [1.82, 2.24) is 0 Å². The van der Waals surface area contributed by atoms with Gasteiger partial charge in [0.2, 0.25) is 0 Å². The molecule has 0 heterocycles. The first kappa shape index (κ1) is 18.0. The van der Waals surface area contributed by atoms with Crippen LogP contribution in [0.3, 0.4) is 0 Å². The summed E-state index contributed by atoms with van der Waals surface area (Å²) in [4.78, 5) is 11.5. The summed E-state index contributed by atoms with van der Waals surface area (Å²) < 4.78 is 20.5. The summed E-state index contributed by atoms with van der Waals surface area (Å²) in [6.45, 7) is 5.19. The van der Waals surface area contributed by atoms with Gasteiger partial charge < -0.3 is 4.74 Å². The lowest BCUT2D eigenvalue weighted by Gasteiger charge is -2.46. The van der Waals surface area contributed by atoms with Gasteiger partial charge in [0.05, 0.1) is 12.2 Å². The molecule has 3 unspecified atom stereocenters. The standard InChI is InChI=1S/C22H26ClFO2/c1-13-7-16-11-22(10-13,6-5-14(16)2)12-26-20-9-19(24)18(21(23)25)8-17(20)15-3-4-15/h5,8-9,13,15-16H,3-4,6-7,10-12H2,1-2H3. The number of carbonyl (C=O) groups is 1. The molecule has 0 amide bonds. The molecule has 26 heavy (non-hydrogen) atoms. The Morgan fingerprint density at radius 1 is 1.31 bits per heavy atom. The second kappa shape index (κ2) is 6.67. The van der Waals surface area contributed by atoms with E-state index in [-0.39, 0.29) is 11.0 Å². The molecule has 3 atom stereocenters. The van der Waals surface area contributed by atoms with Crippen LogP contribution in [0.1, 0.15) is 74.2 Å². The minimum atomic E-state index is -0.744. The van der Waals surface area contributed by atoms with E-state index in [1.807, 2.05) is 0 Å². The molecule has 2 saturated carbocycles. The van der Waals surface area contributed by atoms with Gasteiger partial charge in [-0.25, -0.2) is 4.39 Å². The van der Waals surface area contributed by atoms with E-state index in [0.717, 1.165) is 31.2 Å². The Balaban J connectivity index is 1.58. The predicted octanol–water partition coefficient (Wildman–Crippen LogP) is 6.23. The van der Waals surface area contributed by atoms with E-state index in [2.05, 4.69) is 19.9 Å². The molecule has 0 aromatic heterocycles. The summed E-state index contributed by atoms with van der Waals surface area (Å²) in [7, 11) is 0. The van der Waals surface area contributed by atoms with E-state index in [1.165, 1.54) is 24.5 Å². The highest BCUT2D eigenvalue weighted by atomic mass is 35.5. The van der Waals surface area contributed by atoms with Crippen LogP contribution in [0.15, 0.2) is 23.8 Å². The van der Waals surface area contributed by atoms with Crippen LogP contribution in [0, 0.1) is 23.1 Å². The molecule has 1 aromatic rings.